The van der Waals surface area contributed by atoms with E-state index in [1.165, 1.54) is 19.2 Å². The van der Waals surface area contributed by atoms with Crippen molar-refractivity contribution in [3.05, 3.63) is 46.3 Å². The Balaban J connectivity index is 2.28. The van der Waals surface area contributed by atoms with Gasteiger partial charge in [0.05, 0.1) is 30.0 Å². The summed E-state index contributed by atoms with van der Waals surface area (Å²) in [4.78, 5) is 12.1. The van der Waals surface area contributed by atoms with Gasteiger partial charge in [0.1, 0.15) is 9.96 Å². The second-order valence-electron chi connectivity index (χ2n) is 5.75. The number of thiophene rings is 1. The molecule has 1 aromatic heterocycles. The molecular weight excluding hydrogens is 398 g/mol. The minimum absolute atomic E-state index is 0.0817. The van der Waals surface area contributed by atoms with Gasteiger partial charge in [-0.25, -0.2) is 13.1 Å². The maximum Gasteiger partial charge on any atom is 0.308 e. The Bertz CT molecular complexity index is 846. The van der Waals surface area contributed by atoms with E-state index in [0.29, 0.717) is 15.6 Å². The van der Waals surface area contributed by atoms with Crippen LogP contribution in [0.4, 0.5) is 0 Å². The Labute approximate surface area is 162 Å². The number of ether oxygens (including phenoxy) is 2. The van der Waals surface area contributed by atoms with Gasteiger partial charge in [0.25, 0.3) is 10.0 Å². The molecule has 0 aliphatic carbocycles. The summed E-state index contributed by atoms with van der Waals surface area (Å²) in [5, 5.41) is 0. The summed E-state index contributed by atoms with van der Waals surface area (Å²) >= 11 is 6.78. The normalized spacial score (nSPS) is 12.8. The fraction of sp³-hybridized carbons (Fsp3) is 0.353. The Hall–Kier alpha value is -1.61. The van der Waals surface area contributed by atoms with Gasteiger partial charge < -0.3 is 9.47 Å². The highest BCUT2D eigenvalue weighted by Crippen LogP contribution is 2.28. The molecule has 0 radical (unpaired) electrons. The number of esters is 1. The molecule has 26 heavy (non-hydrogen) atoms. The molecule has 0 saturated heterocycles. The van der Waals surface area contributed by atoms with E-state index in [-0.39, 0.29) is 16.7 Å². The van der Waals surface area contributed by atoms with Crippen molar-refractivity contribution in [3.63, 3.8) is 0 Å². The van der Waals surface area contributed by atoms with Crippen LogP contribution in [0.1, 0.15) is 31.9 Å². The number of hydrogen-bond donors (Lipinski definition) is 1. The Morgan fingerprint density at radius 2 is 1.85 bits per heavy atom. The molecule has 0 amide bonds. The van der Waals surface area contributed by atoms with Gasteiger partial charge in [0.2, 0.25) is 0 Å². The number of rotatable bonds is 8. The lowest BCUT2D eigenvalue weighted by atomic mass is 10.0. The Morgan fingerprint density at radius 1 is 1.19 bits per heavy atom. The molecule has 2 aromatic rings. The number of sulfonamides is 1. The van der Waals surface area contributed by atoms with Crippen molar-refractivity contribution in [2.75, 3.05) is 7.11 Å². The van der Waals surface area contributed by atoms with E-state index in [2.05, 4.69) is 4.72 Å². The lowest BCUT2D eigenvalue weighted by molar-refractivity contribution is -0.147. The molecule has 0 saturated carbocycles. The zero-order valence-electron chi connectivity index (χ0n) is 14.6. The van der Waals surface area contributed by atoms with Gasteiger partial charge in [-0.1, -0.05) is 23.7 Å². The van der Waals surface area contributed by atoms with Crippen LogP contribution in [0.15, 0.2) is 40.6 Å². The summed E-state index contributed by atoms with van der Waals surface area (Å²) in [6, 6.07) is 8.96. The Kier molecular flexibility index (Phi) is 7.05. The summed E-state index contributed by atoms with van der Waals surface area (Å²) in [5.74, 6) is 0.137. The summed E-state index contributed by atoms with van der Waals surface area (Å²) in [5.41, 5.74) is 0.623. The average Bonchev–Trinajstić information content (AvgIpc) is 3.01. The van der Waals surface area contributed by atoms with Crippen LogP contribution in [0.3, 0.4) is 0 Å². The molecule has 0 spiro atoms. The SMILES string of the molecule is COc1ccc([C@@H](CC(=O)OC(C)C)NS(=O)(=O)c2ccc(Cl)s2)cc1. The van der Waals surface area contributed by atoms with Crippen molar-refractivity contribution >= 4 is 38.9 Å². The third-order valence-corrected chi connectivity index (χ3v) is 6.56. The Morgan fingerprint density at radius 3 is 2.35 bits per heavy atom. The van der Waals surface area contributed by atoms with Crippen LogP contribution in [0.25, 0.3) is 0 Å². The molecule has 0 fully saturated rings. The van der Waals surface area contributed by atoms with Gasteiger partial charge in [-0.05, 0) is 43.7 Å². The van der Waals surface area contributed by atoms with E-state index in [1.54, 1.807) is 38.1 Å². The first-order chi connectivity index (χ1) is 12.2. The predicted octanol–water partition coefficient (Wildman–Crippen LogP) is 3.77. The van der Waals surface area contributed by atoms with Crippen molar-refractivity contribution < 1.29 is 22.7 Å². The highest BCUT2D eigenvalue weighted by molar-refractivity contribution is 7.91. The fourth-order valence-electron chi connectivity index (χ4n) is 2.23. The molecule has 2 rings (SSSR count). The minimum Gasteiger partial charge on any atom is -0.497 e. The first-order valence-electron chi connectivity index (χ1n) is 7.82. The second kappa shape index (κ2) is 8.85. The lowest BCUT2D eigenvalue weighted by Gasteiger charge is -2.19. The number of halogens is 1. The molecule has 1 atom stereocenters. The van der Waals surface area contributed by atoms with Gasteiger partial charge in [-0.15, -0.1) is 11.3 Å². The van der Waals surface area contributed by atoms with Gasteiger partial charge in [-0.3, -0.25) is 4.79 Å². The van der Waals surface area contributed by atoms with Crippen LogP contribution in [-0.4, -0.2) is 27.6 Å². The molecule has 6 nitrogen and oxygen atoms in total. The number of carbonyl (C=O) groups excluding carboxylic acids is 1. The molecule has 0 unspecified atom stereocenters. The molecule has 9 heteroatoms. The van der Waals surface area contributed by atoms with E-state index in [1.807, 2.05) is 0 Å². The van der Waals surface area contributed by atoms with E-state index >= 15 is 0 Å². The van der Waals surface area contributed by atoms with E-state index < -0.39 is 22.0 Å². The number of benzene rings is 1. The van der Waals surface area contributed by atoms with E-state index in [4.69, 9.17) is 21.1 Å². The highest BCUT2D eigenvalue weighted by atomic mass is 35.5. The van der Waals surface area contributed by atoms with Crippen LogP contribution in [0.2, 0.25) is 4.34 Å². The monoisotopic (exact) mass is 417 g/mol. The third kappa shape index (κ3) is 5.70. The zero-order valence-corrected chi connectivity index (χ0v) is 17.0. The van der Waals surface area contributed by atoms with Crippen molar-refractivity contribution in [1.29, 1.82) is 0 Å². The van der Waals surface area contributed by atoms with Crippen LogP contribution in [0, 0.1) is 0 Å². The zero-order chi connectivity index (χ0) is 19.3. The third-order valence-electron chi connectivity index (χ3n) is 3.37. The number of methoxy groups -OCH3 is 1. The maximum absolute atomic E-state index is 12.6. The minimum atomic E-state index is -3.83. The topological polar surface area (TPSA) is 81.7 Å². The van der Waals surface area contributed by atoms with E-state index in [0.717, 1.165) is 11.3 Å². The van der Waals surface area contributed by atoms with Crippen molar-refractivity contribution in [2.24, 2.45) is 0 Å². The summed E-state index contributed by atoms with van der Waals surface area (Å²) < 4.78 is 38.5. The molecule has 0 aliphatic rings. The maximum atomic E-state index is 12.6. The second-order valence-corrected chi connectivity index (χ2v) is 9.40. The number of hydrogen-bond acceptors (Lipinski definition) is 6. The fourth-order valence-corrected chi connectivity index (χ4v) is 4.95. The molecule has 142 valence electrons. The standard InChI is InChI=1S/C17H20ClNO5S2/c1-11(2)24-16(20)10-14(12-4-6-13(23-3)7-5-12)19-26(21,22)17-9-8-15(18)25-17/h4-9,11,14,19H,10H2,1-3H3/t14-/m1/s1. The molecule has 1 aromatic carbocycles. The van der Waals surface area contributed by atoms with Crippen LogP contribution >= 0.6 is 22.9 Å². The van der Waals surface area contributed by atoms with Crippen LogP contribution < -0.4 is 9.46 Å². The quantitative estimate of drug-likeness (QED) is 0.661. The average molecular weight is 418 g/mol. The largest absolute Gasteiger partial charge is 0.497 e. The summed E-state index contributed by atoms with van der Waals surface area (Å²) in [7, 11) is -2.29. The molecule has 0 aliphatic heterocycles. The van der Waals surface area contributed by atoms with Gasteiger partial charge in [-0.2, -0.15) is 0 Å². The van der Waals surface area contributed by atoms with E-state index in [9.17, 15) is 13.2 Å². The molecule has 0 bridgehead atoms. The number of carbonyl (C=O) groups is 1. The molecule has 1 N–H and O–H groups in total. The summed E-state index contributed by atoms with van der Waals surface area (Å²) in [6.07, 6.45) is -0.422. The first kappa shape index (κ1) is 20.7. The smallest absolute Gasteiger partial charge is 0.308 e. The molecular formula is C17H20ClNO5S2. The molecule has 1 heterocycles. The van der Waals surface area contributed by atoms with Crippen LogP contribution in [0.5, 0.6) is 5.75 Å². The van der Waals surface area contributed by atoms with Gasteiger partial charge in [0.15, 0.2) is 0 Å². The van der Waals surface area contributed by atoms with Crippen LogP contribution in [-0.2, 0) is 19.6 Å². The lowest BCUT2D eigenvalue weighted by Crippen LogP contribution is -2.30. The highest BCUT2D eigenvalue weighted by Gasteiger charge is 2.26. The summed E-state index contributed by atoms with van der Waals surface area (Å²) in [6.45, 7) is 3.47. The number of nitrogens with one attached hydrogen (secondary N) is 1. The van der Waals surface area contributed by atoms with Gasteiger partial charge in [0, 0.05) is 0 Å². The van der Waals surface area contributed by atoms with Crippen molar-refractivity contribution in [1.82, 2.24) is 4.72 Å². The van der Waals surface area contributed by atoms with Crippen molar-refractivity contribution in [2.45, 2.75) is 36.6 Å². The van der Waals surface area contributed by atoms with Crippen molar-refractivity contribution in [3.8, 4) is 5.75 Å². The predicted molar refractivity (Wildman–Crippen MR) is 101 cm³/mol. The first-order valence-corrected chi connectivity index (χ1v) is 10.5. The van der Waals surface area contributed by atoms with Gasteiger partial charge >= 0.3 is 5.97 Å².